The monoisotopic (exact) mass is 318 g/mol. The van der Waals surface area contributed by atoms with E-state index in [1.807, 2.05) is 0 Å². The van der Waals surface area contributed by atoms with Gasteiger partial charge in [-0.05, 0) is 88.0 Å². The molecule has 0 amide bonds. The normalized spacial score (nSPS) is 33.2. The van der Waals surface area contributed by atoms with Crippen molar-refractivity contribution in [2.75, 3.05) is 0 Å². The molecule has 0 aliphatic heterocycles. The first-order valence-electron chi connectivity index (χ1n) is 9.08. The van der Waals surface area contributed by atoms with Crippen molar-refractivity contribution in [3.8, 4) is 12.8 Å². The standard InChI is InChI=1S/C19H32S.C2H2/c1-3-5-6-15(4-2)16-7-9-17(10-8-16)18-11-13-19(20)14-12-18;1-2/h4-6,16-20H,3,7-14H2,1-2H3;1-2H/b6-5-,15-4+;. The summed E-state index contributed by atoms with van der Waals surface area (Å²) in [7, 11) is 0. The van der Waals surface area contributed by atoms with Crippen molar-refractivity contribution < 1.29 is 0 Å². The Kier molecular flexibility index (Phi) is 9.73. The van der Waals surface area contributed by atoms with Crippen LogP contribution in [0, 0.1) is 30.6 Å². The minimum atomic E-state index is 0.691. The van der Waals surface area contributed by atoms with Crippen LogP contribution in [-0.2, 0) is 0 Å². The molecule has 2 fully saturated rings. The van der Waals surface area contributed by atoms with E-state index in [1.165, 1.54) is 51.4 Å². The lowest BCUT2D eigenvalue weighted by Gasteiger charge is -2.37. The minimum absolute atomic E-state index is 0.691. The summed E-state index contributed by atoms with van der Waals surface area (Å²) in [5.74, 6) is 2.86. The van der Waals surface area contributed by atoms with Gasteiger partial charge in [-0.3, -0.25) is 0 Å². The topological polar surface area (TPSA) is 0 Å². The Balaban J connectivity index is 0.00000116. The van der Waals surface area contributed by atoms with Gasteiger partial charge in [0.1, 0.15) is 0 Å². The SMILES string of the molecule is C#C.C/C=C(\C=C/CC)C1CCC(C2CCC(S)CC2)CC1. The summed E-state index contributed by atoms with van der Waals surface area (Å²) >= 11 is 4.64. The molecule has 0 aromatic carbocycles. The molecule has 0 N–H and O–H groups in total. The lowest BCUT2D eigenvalue weighted by atomic mass is 9.69. The van der Waals surface area contributed by atoms with E-state index in [1.54, 1.807) is 5.57 Å². The van der Waals surface area contributed by atoms with E-state index in [2.05, 4.69) is 57.6 Å². The molecule has 124 valence electrons. The van der Waals surface area contributed by atoms with Crippen molar-refractivity contribution in [3.05, 3.63) is 23.8 Å². The number of hydrogen-bond acceptors (Lipinski definition) is 1. The largest absolute Gasteiger partial charge is 0.176 e. The quantitative estimate of drug-likeness (QED) is 0.344. The molecule has 2 rings (SSSR count). The fourth-order valence-corrected chi connectivity index (χ4v) is 4.52. The van der Waals surface area contributed by atoms with Crippen LogP contribution in [-0.4, -0.2) is 5.25 Å². The molecule has 0 aromatic heterocycles. The van der Waals surface area contributed by atoms with Gasteiger partial charge in [-0.15, -0.1) is 12.8 Å². The van der Waals surface area contributed by atoms with E-state index in [4.69, 9.17) is 0 Å². The summed E-state index contributed by atoms with van der Waals surface area (Å²) in [6, 6.07) is 0. The van der Waals surface area contributed by atoms with Crippen LogP contribution in [0.3, 0.4) is 0 Å². The summed E-state index contributed by atoms with van der Waals surface area (Å²) < 4.78 is 0. The molecule has 0 heterocycles. The summed E-state index contributed by atoms with van der Waals surface area (Å²) in [6.45, 7) is 4.42. The third kappa shape index (κ3) is 5.88. The second-order valence-corrected chi connectivity index (χ2v) is 7.51. The fourth-order valence-electron chi connectivity index (χ4n) is 4.22. The molecule has 0 spiro atoms. The van der Waals surface area contributed by atoms with Crippen LogP contribution in [0.4, 0.5) is 0 Å². The number of thiol groups is 1. The van der Waals surface area contributed by atoms with Crippen molar-refractivity contribution in [3.63, 3.8) is 0 Å². The van der Waals surface area contributed by atoms with Gasteiger partial charge in [-0.2, -0.15) is 12.6 Å². The van der Waals surface area contributed by atoms with Gasteiger partial charge in [0.2, 0.25) is 0 Å². The number of hydrogen-bond donors (Lipinski definition) is 1. The maximum Gasteiger partial charge on any atom is 0.00170 e. The predicted octanol–water partition coefficient (Wildman–Crippen LogP) is 6.44. The Morgan fingerprint density at radius 2 is 1.45 bits per heavy atom. The molecular weight excluding hydrogens is 284 g/mol. The van der Waals surface area contributed by atoms with E-state index in [0.29, 0.717) is 5.25 Å². The Hall–Kier alpha value is -0.610. The highest BCUT2D eigenvalue weighted by Crippen LogP contribution is 2.42. The smallest absolute Gasteiger partial charge is 0.00170 e. The molecule has 22 heavy (non-hydrogen) atoms. The lowest BCUT2D eigenvalue weighted by molar-refractivity contribution is 0.180. The molecule has 0 atom stereocenters. The van der Waals surface area contributed by atoms with E-state index < -0.39 is 0 Å². The van der Waals surface area contributed by atoms with Crippen LogP contribution in [0.25, 0.3) is 0 Å². The average molecular weight is 319 g/mol. The highest BCUT2D eigenvalue weighted by Gasteiger charge is 2.30. The summed E-state index contributed by atoms with van der Waals surface area (Å²) in [4.78, 5) is 0. The van der Waals surface area contributed by atoms with E-state index >= 15 is 0 Å². The number of allylic oxidation sites excluding steroid dienone is 4. The molecule has 2 aliphatic rings. The van der Waals surface area contributed by atoms with Gasteiger partial charge in [-0.25, -0.2) is 0 Å². The first-order valence-corrected chi connectivity index (χ1v) is 9.60. The number of terminal acetylenes is 1. The summed E-state index contributed by atoms with van der Waals surface area (Å²) in [5, 5.41) is 0.691. The second-order valence-electron chi connectivity index (χ2n) is 6.78. The van der Waals surface area contributed by atoms with Crippen LogP contribution in [0.15, 0.2) is 23.8 Å². The van der Waals surface area contributed by atoms with Crippen LogP contribution < -0.4 is 0 Å². The zero-order valence-corrected chi connectivity index (χ0v) is 15.4. The van der Waals surface area contributed by atoms with Gasteiger partial charge in [0.15, 0.2) is 0 Å². The van der Waals surface area contributed by atoms with Gasteiger partial charge >= 0.3 is 0 Å². The third-order valence-electron chi connectivity index (χ3n) is 5.53. The van der Waals surface area contributed by atoms with Crippen molar-refractivity contribution >= 4 is 12.6 Å². The van der Waals surface area contributed by atoms with Crippen molar-refractivity contribution in [1.82, 2.24) is 0 Å². The average Bonchev–Trinajstić information content (AvgIpc) is 2.59. The number of rotatable bonds is 4. The molecule has 0 bridgehead atoms. The third-order valence-corrected chi connectivity index (χ3v) is 6.05. The molecule has 0 nitrogen and oxygen atoms in total. The Morgan fingerprint density at radius 3 is 1.91 bits per heavy atom. The van der Waals surface area contributed by atoms with Crippen LogP contribution in [0.5, 0.6) is 0 Å². The predicted molar refractivity (Wildman–Crippen MR) is 103 cm³/mol. The van der Waals surface area contributed by atoms with Gasteiger partial charge < -0.3 is 0 Å². The van der Waals surface area contributed by atoms with E-state index in [0.717, 1.165) is 24.2 Å². The van der Waals surface area contributed by atoms with Crippen molar-refractivity contribution in [2.24, 2.45) is 17.8 Å². The minimum Gasteiger partial charge on any atom is -0.176 e. The first-order chi connectivity index (χ1) is 10.7. The maximum atomic E-state index is 4.64. The molecule has 2 saturated carbocycles. The second kappa shape index (κ2) is 11.0. The zero-order valence-electron chi connectivity index (χ0n) is 14.5. The molecule has 0 aromatic rings. The van der Waals surface area contributed by atoms with E-state index in [9.17, 15) is 0 Å². The zero-order chi connectivity index (χ0) is 16.4. The lowest BCUT2D eigenvalue weighted by Crippen LogP contribution is -2.26. The van der Waals surface area contributed by atoms with Crippen LogP contribution in [0.2, 0.25) is 0 Å². The maximum absolute atomic E-state index is 4.64. The van der Waals surface area contributed by atoms with Crippen LogP contribution >= 0.6 is 12.6 Å². The van der Waals surface area contributed by atoms with Gasteiger partial charge in [0.25, 0.3) is 0 Å². The summed E-state index contributed by atoms with van der Waals surface area (Å²) in [5.41, 5.74) is 1.59. The molecule has 0 unspecified atom stereocenters. The van der Waals surface area contributed by atoms with Crippen molar-refractivity contribution in [2.45, 2.75) is 76.9 Å². The first kappa shape index (κ1) is 19.4. The van der Waals surface area contributed by atoms with E-state index in [-0.39, 0.29) is 0 Å². The molecular formula is C21H34S. The Morgan fingerprint density at radius 1 is 0.955 bits per heavy atom. The van der Waals surface area contributed by atoms with Gasteiger partial charge in [-0.1, -0.05) is 25.2 Å². The molecule has 1 heteroatoms. The van der Waals surface area contributed by atoms with Crippen molar-refractivity contribution in [1.29, 1.82) is 0 Å². The van der Waals surface area contributed by atoms with Gasteiger partial charge in [0, 0.05) is 5.25 Å². The summed E-state index contributed by atoms with van der Waals surface area (Å²) in [6.07, 6.45) is 27.5. The molecule has 0 saturated heterocycles. The van der Waals surface area contributed by atoms with Gasteiger partial charge in [0.05, 0.1) is 0 Å². The van der Waals surface area contributed by atoms with Crippen LogP contribution in [0.1, 0.15) is 71.6 Å². The Labute approximate surface area is 144 Å². The molecule has 0 radical (unpaired) electrons. The fraction of sp³-hybridized carbons (Fsp3) is 0.714. The molecule has 2 aliphatic carbocycles. The Bertz CT molecular complexity index is 361. The highest BCUT2D eigenvalue weighted by atomic mass is 32.1. The highest BCUT2D eigenvalue weighted by molar-refractivity contribution is 7.80.